The molecule has 1 unspecified atom stereocenters. The Morgan fingerprint density at radius 2 is 1.72 bits per heavy atom. The maximum absolute atomic E-state index is 13.2. The van der Waals surface area contributed by atoms with E-state index in [0.29, 0.717) is 28.4 Å². The molecule has 0 spiro atoms. The lowest BCUT2D eigenvalue weighted by atomic mass is 10.1. The van der Waals surface area contributed by atoms with E-state index in [9.17, 15) is 4.79 Å². The van der Waals surface area contributed by atoms with Crippen molar-refractivity contribution in [2.24, 2.45) is 10.7 Å². The van der Waals surface area contributed by atoms with Crippen molar-refractivity contribution >= 4 is 33.9 Å². The van der Waals surface area contributed by atoms with Gasteiger partial charge < -0.3 is 10.2 Å². The highest BCUT2D eigenvalue weighted by Crippen LogP contribution is 2.37. The highest BCUT2D eigenvalue weighted by Gasteiger charge is 2.30. The second-order valence-corrected chi connectivity index (χ2v) is 8.51. The van der Waals surface area contributed by atoms with Crippen molar-refractivity contribution in [3.05, 3.63) is 107 Å². The second kappa shape index (κ2) is 7.67. The minimum Gasteiger partial charge on any atom is -0.422 e. The number of hydrogen-bond acceptors (Lipinski definition) is 7. The average Bonchev–Trinajstić information content (AvgIpc) is 3.50. The van der Waals surface area contributed by atoms with Crippen LogP contribution in [-0.2, 0) is 0 Å². The molecule has 174 valence electrons. The molecule has 0 bridgehead atoms. The Kier molecular flexibility index (Phi) is 4.31. The van der Waals surface area contributed by atoms with E-state index < -0.39 is 11.8 Å². The largest absolute Gasteiger partial charge is 0.422 e. The van der Waals surface area contributed by atoms with Gasteiger partial charge in [-0.05, 0) is 36.4 Å². The zero-order valence-electron chi connectivity index (χ0n) is 18.9. The summed E-state index contributed by atoms with van der Waals surface area (Å²) in [5.41, 5.74) is 10.3. The quantitative estimate of drug-likeness (QED) is 0.371. The van der Waals surface area contributed by atoms with E-state index in [1.807, 2.05) is 89.6 Å². The zero-order chi connectivity index (χ0) is 24.2. The van der Waals surface area contributed by atoms with Crippen molar-refractivity contribution in [2.75, 3.05) is 5.32 Å². The highest BCUT2D eigenvalue weighted by atomic mass is 16.4. The van der Waals surface area contributed by atoms with Crippen LogP contribution in [-0.4, -0.2) is 25.3 Å². The van der Waals surface area contributed by atoms with Crippen LogP contribution in [0.2, 0.25) is 0 Å². The van der Waals surface area contributed by atoms with E-state index in [2.05, 4.69) is 10.3 Å². The second-order valence-electron chi connectivity index (χ2n) is 8.51. The molecule has 0 aliphatic carbocycles. The summed E-state index contributed by atoms with van der Waals surface area (Å²) in [6.07, 6.45) is 1.27. The number of aromatic nitrogens is 4. The van der Waals surface area contributed by atoms with Crippen LogP contribution < -0.4 is 16.7 Å². The van der Waals surface area contributed by atoms with Crippen molar-refractivity contribution < 1.29 is 4.42 Å². The van der Waals surface area contributed by atoms with Crippen molar-refractivity contribution in [3.63, 3.8) is 0 Å². The van der Waals surface area contributed by atoms with Crippen molar-refractivity contribution in [1.29, 1.82) is 0 Å². The number of nitrogens with two attached hydrogens (primary N) is 1. The smallest absolute Gasteiger partial charge is 0.345 e. The molecular weight excluding hydrogens is 454 g/mol. The molecule has 0 saturated heterocycles. The predicted molar refractivity (Wildman–Crippen MR) is 138 cm³/mol. The summed E-state index contributed by atoms with van der Waals surface area (Å²) in [4.78, 5) is 22.6. The molecule has 9 heteroatoms. The van der Waals surface area contributed by atoms with E-state index in [1.165, 1.54) is 0 Å². The number of anilines is 1. The van der Waals surface area contributed by atoms with Crippen LogP contribution in [0.1, 0.15) is 11.7 Å². The normalized spacial score (nSPS) is 15.0. The van der Waals surface area contributed by atoms with Gasteiger partial charge in [0.2, 0.25) is 5.95 Å². The third-order valence-corrected chi connectivity index (χ3v) is 6.28. The number of nitrogens with one attached hydrogen (secondary N) is 1. The third kappa shape index (κ3) is 3.10. The standard InChI is InChI=1S/C27H19N7O2/c28-26-30-24(34-21-12-6-5-11-20(21)29-27(34)31-26)19-15-33(17-9-2-1-3-10-17)32-23(19)18-14-16-8-4-7-13-22(16)36-25(18)35/h1-15,24H,(H3,28,29,30,31). The summed E-state index contributed by atoms with van der Waals surface area (Å²) >= 11 is 0. The Morgan fingerprint density at radius 3 is 2.61 bits per heavy atom. The minimum absolute atomic E-state index is 0.228. The summed E-state index contributed by atoms with van der Waals surface area (Å²) < 4.78 is 9.36. The average molecular weight is 473 g/mol. The van der Waals surface area contributed by atoms with Gasteiger partial charge in [-0.1, -0.05) is 48.5 Å². The molecule has 3 aromatic heterocycles. The Hall–Kier alpha value is -5.18. The highest BCUT2D eigenvalue weighted by molar-refractivity contribution is 5.95. The van der Waals surface area contributed by atoms with Crippen LogP contribution in [0.15, 0.2) is 105 Å². The Labute approximate surface area is 204 Å². The summed E-state index contributed by atoms with van der Waals surface area (Å²) in [5, 5.41) is 8.70. The van der Waals surface area contributed by atoms with E-state index in [4.69, 9.17) is 20.2 Å². The number of rotatable bonds is 3. The van der Waals surface area contributed by atoms with Gasteiger partial charge in [-0.25, -0.2) is 19.5 Å². The predicted octanol–water partition coefficient (Wildman–Crippen LogP) is 4.28. The topological polar surface area (TPSA) is 116 Å². The fraction of sp³-hybridized carbons (Fsp3) is 0.0370. The number of hydrogen-bond donors (Lipinski definition) is 2. The minimum atomic E-state index is -0.605. The Bertz CT molecular complexity index is 1860. The molecule has 0 amide bonds. The summed E-state index contributed by atoms with van der Waals surface area (Å²) in [6, 6.07) is 26.7. The fourth-order valence-electron chi connectivity index (χ4n) is 4.65. The van der Waals surface area contributed by atoms with Crippen molar-refractivity contribution in [1.82, 2.24) is 19.3 Å². The van der Waals surface area contributed by atoms with Crippen LogP contribution in [0.3, 0.4) is 0 Å². The zero-order valence-corrected chi connectivity index (χ0v) is 18.9. The molecule has 36 heavy (non-hydrogen) atoms. The van der Waals surface area contributed by atoms with Gasteiger partial charge in [0.1, 0.15) is 11.3 Å². The first kappa shape index (κ1) is 20.2. The molecule has 1 aliphatic heterocycles. The lowest BCUT2D eigenvalue weighted by molar-refractivity contribution is 0.562. The number of fused-ring (bicyclic) bond motifs is 4. The lowest BCUT2D eigenvalue weighted by Gasteiger charge is -2.23. The van der Waals surface area contributed by atoms with Crippen molar-refractivity contribution in [3.8, 4) is 16.9 Å². The number of guanidine groups is 1. The number of aliphatic imine (C=N–C) groups is 1. The first-order chi connectivity index (χ1) is 17.7. The van der Waals surface area contributed by atoms with Crippen LogP contribution in [0.5, 0.6) is 0 Å². The molecule has 7 rings (SSSR count). The van der Waals surface area contributed by atoms with E-state index >= 15 is 0 Å². The maximum atomic E-state index is 13.2. The van der Waals surface area contributed by atoms with Gasteiger partial charge in [-0.3, -0.25) is 9.88 Å². The number of para-hydroxylation sites is 4. The maximum Gasteiger partial charge on any atom is 0.345 e. The molecule has 1 aliphatic rings. The molecule has 4 heterocycles. The molecule has 6 aromatic rings. The first-order valence-electron chi connectivity index (χ1n) is 11.4. The number of nitrogens with zero attached hydrogens (tertiary/aromatic N) is 5. The van der Waals surface area contributed by atoms with Gasteiger partial charge in [0.05, 0.1) is 22.3 Å². The van der Waals surface area contributed by atoms with Crippen LogP contribution in [0.25, 0.3) is 38.9 Å². The third-order valence-electron chi connectivity index (χ3n) is 6.28. The fourth-order valence-corrected chi connectivity index (χ4v) is 4.65. The van der Waals surface area contributed by atoms with Gasteiger partial charge in [0.25, 0.3) is 0 Å². The summed E-state index contributed by atoms with van der Waals surface area (Å²) in [5.74, 6) is 0.796. The molecule has 0 radical (unpaired) electrons. The van der Waals surface area contributed by atoms with Crippen molar-refractivity contribution in [2.45, 2.75) is 6.17 Å². The van der Waals surface area contributed by atoms with Crippen LogP contribution >= 0.6 is 0 Å². The summed E-state index contributed by atoms with van der Waals surface area (Å²) in [7, 11) is 0. The van der Waals surface area contributed by atoms with Gasteiger partial charge >= 0.3 is 5.63 Å². The van der Waals surface area contributed by atoms with E-state index in [-0.39, 0.29) is 5.96 Å². The SMILES string of the molecule is NC1=NC(c2cn(-c3ccccc3)nc2-c2cc3ccccc3oc2=O)n2c(nc3ccccc32)N1. The molecule has 3 aromatic carbocycles. The lowest BCUT2D eigenvalue weighted by Crippen LogP contribution is -2.31. The molecule has 3 N–H and O–H groups in total. The first-order valence-corrected chi connectivity index (χ1v) is 11.4. The van der Waals surface area contributed by atoms with Crippen LogP contribution in [0, 0.1) is 0 Å². The summed E-state index contributed by atoms with van der Waals surface area (Å²) in [6.45, 7) is 0. The van der Waals surface area contributed by atoms with Gasteiger partial charge in [-0.15, -0.1) is 0 Å². The Balaban J connectivity index is 1.52. The molecule has 1 atom stereocenters. The molecular formula is C27H19N7O2. The molecule has 9 nitrogen and oxygen atoms in total. The van der Waals surface area contributed by atoms with Gasteiger partial charge in [0.15, 0.2) is 12.1 Å². The van der Waals surface area contributed by atoms with E-state index in [0.717, 1.165) is 22.1 Å². The molecule has 0 fully saturated rings. The van der Waals surface area contributed by atoms with Crippen LogP contribution in [0.4, 0.5) is 5.95 Å². The van der Waals surface area contributed by atoms with Gasteiger partial charge in [0, 0.05) is 17.1 Å². The Morgan fingerprint density at radius 1 is 0.944 bits per heavy atom. The number of imidazole rings is 1. The van der Waals surface area contributed by atoms with Gasteiger partial charge in [-0.2, -0.15) is 5.10 Å². The monoisotopic (exact) mass is 473 g/mol. The molecule has 0 saturated carbocycles. The van der Waals surface area contributed by atoms with E-state index in [1.54, 1.807) is 10.7 Å². The number of benzene rings is 3.